The van der Waals surface area contributed by atoms with Crippen molar-refractivity contribution in [2.75, 3.05) is 5.32 Å². The van der Waals surface area contributed by atoms with Gasteiger partial charge in [0.2, 0.25) is 0 Å². The third-order valence-electron chi connectivity index (χ3n) is 3.75. The lowest BCUT2D eigenvalue weighted by molar-refractivity contribution is 0.628. The van der Waals surface area contributed by atoms with E-state index in [1.807, 2.05) is 11.3 Å². The fourth-order valence-electron chi connectivity index (χ4n) is 2.63. The van der Waals surface area contributed by atoms with Crippen molar-refractivity contribution in [2.24, 2.45) is 0 Å². The van der Waals surface area contributed by atoms with Gasteiger partial charge in [-0.05, 0) is 62.4 Å². The number of hydrogen-bond donors (Lipinski definition) is 1. The molecule has 0 saturated heterocycles. The van der Waals surface area contributed by atoms with Gasteiger partial charge in [0.25, 0.3) is 0 Å². The zero-order valence-corrected chi connectivity index (χ0v) is 13.0. The number of rotatable bonds is 3. The van der Waals surface area contributed by atoms with Crippen molar-refractivity contribution in [3.05, 3.63) is 50.4 Å². The maximum atomic E-state index is 13.2. The van der Waals surface area contributed by atoms with Gasteiger partial charge in [-0.15, -0.1) is 11.3 Å². The van der Waals surface area contributed by atoms with E-state index in [1.54, 1.807) is 12.1 Å². The van der Waals surface area contributed by atoms with E-state index in [0.717, 1.165) is 5.69 Å². The summed E-state index contributed by atoms with van der Waals surface area (Å²) in [4.78, 5) is 2.88. The van der Waals surface area contributed by atoms with Gasteiger partial charge in [0.05, 0.1) is 11.1 Å². The summed E-state index contributed by atoms with van der Waals surface area (Å²) < 4.78 is 13.2. The van der Waals surface area contributed by atoms with E-state index >= 15 is 0 Å². The van der Waals surface area contributed by atoms with E-state index in [9.17, 15) is 4.39 Å². The highest BCUT2D eigenvalue weighted by atomic mass is 35.5. The summed E-state index contributed by atoms with van der Waals surface area (Å²) in [5.41, 5.74) is 2.37. The van der Waals surface area contributed by atoms with E-state index in [1.165, 1.54) is 47.1 Å². The Labute approximate surface area is 127 Å². The summed E-state index contributed by atoms with van der Waals surface area (Å²) in [7, 11) is 0. The maximum absolute atomic E-state index is 13.2. The van der Waals surface area contributed by atoms with Crippen LogP contribution in [0.3, 0.4) is 0 Å². The lowest BCUT2D eigenvalue weighted by atomic mass is 9.99. The van der Waals surface area contributed by atoms with Crippen molar-refractivity contribution < 1.29 is 4.39 Å². The first kappa shape index (κ1) is 13.9. The second-order valence-corrected chi connectivity index (χ2v) is 6.87. The molecule has 1 aliphatic carbocycles. The molecule has 0 saturated carbocycles. The zero-order valence-electron chi connectivity index (χ0n) is 11.4. The van der Waals surface area contributed by atoms with Crippen LogP contribution in [0, 0.1) is 5.82 Å². The second kappa shape index (κ2) is 5.74. The minimum atomic E-state index is -0.378. The van der Waals surface area contributed by atoms with E-state index < -0.39 is 0 Å². The molecule has 1 heterocycles. The Morgan fingerprint density at radius 3 is 2.80 bits per heavy atom. The van der Waals surface area contributed by atoms with Gasteiger partial charge in [-0.2, -0.15) is 0 Å². The number of benzene rings is 1. The monoisotopic (exact) mass is 309 g/mol. The first-order valence-electron chi connectivity index (χ1n) is 6.96. The molecule has 3 rings (SSSR count). The maximum Gasteiger partial charge on any atom is 0.141 e. The average Bonchev–Trinajstić information content (AvgIpc) is 2.87. The molecule has 0 spiro atoms. The highest BCUT2D eigenvalue weighted by molar-refractivity contribution is 7.12. The SMILES string of the molecule is CC(Nc1ccc(F)c(Cl)c1)c1cc2c(s1)CCCC2. The molecule has 0 amide bonds. The summed E-state index contributed by atoms with van der Waals surface area (Å²) in [6, 6.07) is 7.30. The molecular weight excluding hydrogens is 293 g/mol. The number of fused-ring (bicyclic) bond motifs is 1. The molecule has 1 aliphatic rings. The summed E-state index contributed by atoms with van der Waals surface area (Å²) in [5.74, 6) is -0.378. The summed E-state index contributed by atoms with van der Waals surface area (Å²) in [6.07, 6.45) is 5.04. The fourth-order valence-corrected chi connectivity index (χ4v) is 4.07. The molecule has 0 fully saturated rings. The molecule has 106 valence electrons. The lowest BCUT2D eigenvalue weighted by Gasteiger charge is -2.14. The van der Waals surface area contributed by atoms with Crippen LogP contribution in [0.25, 0.3) is 0 Å². The van der Waals surface area contributed by atoms with Gasteiger partial charge in [0, 0.05) is 15.4 Å². The molecule has 1 N–H and O–H groups in total. The average molecular weight is 310 g/mol. The third-order valence-corrected chi connectivity index (χ3v) is 5.45. The van der Waals surface area contributed by atoms with Crippen LogP contribution in [0.4, 0.5) is 10.1 Å². The first-order chi connectivity index (χ1) is 9.63. The standard InChI is InChI=1S/C16H17ClFNS/c1-10(19-12-6-7-14(18)13(17)9-12)16-8-11-4-2-3-5-15(11)20-16/h6-10,19H,2-5H2,1H3. The summed E-state index contributed by atoms with van der Waals surface area (Å²) in [5, 5.41) is 3.55. The Morgan fingerprint density at radius 2 is 2.05 bits per heavy atom. The topological polar surface area (TPSA) is 12.0 Å². The number of anilines is 1. The van der Waals surface area contributed by atoms with Crippen molar-refractivity contribution in [1.29, 1.82) is 0 Å². The van der Waals surface area contributed by atoms with Crippen molar-refractivity contribution in [1.82, 2.24) is 0 Å². The van der Waals surface area contributed by atoms with Gasteiger partial charge in [0.1, 0.15) is 5.82 Å². The molecule has 1 nitrogen and oxygen atoms in total. The van der Waals surface area contributed by atoms with Crippen molar-refractivity contribution >= 4 is 28.6 Å². The Balaban J connectivity index is 1.76. The minimum Gasteiger partial charge on any atom is -0.378 e. The van der Waals surface area contributed by atoms with Crippen molar-refractivity contribution in [3.63, 3.8) is 0 Å². The molecule has 1 aromatic heterocycles. The van der Waals surface area contributed by atoms with Crippen LogP contribution >= 0.6 is 22.9 Å². The van der Waals surface area contributed by atoms with Crippen molar-refractivity contribution in [3.8, 4) is 0 Å². The van der Waals surface area contributed by atoms with E-state index in [0.29, 0.717) is 0 Å². The molecule has 1 atom stereocenters. The van der Waals surface area contributed by atoms with Gasteiger partial charge < -0.3 is 5.32 Å². The van der Waals surface area contributed by atoms with E-state index in [2.05, 4.69) is 18.3 Å². The molecule has 20 heavy (non-hydrogen) atoms. The Hall–Kier alpha value is -1.06. The molecule has 0 radical (unpaired) electrons. The second-order valence-electron chi connectivity index (χ2n) is 5.30. The number of hydrogen-bond acceptors (Lipinski definition) is 2. The molecule has 1 aromatic carbocycles. The smallest absolute Gasteiger partial charge is 0.141 e. The Kier molecular flexibility index (Phi) is 3.99. The summed E-state index contributed by atoms with van der Waals surface area (Å²) >= 11 is 7.71. The zero-order chi connectivity index (χ0) is 14.1. The van der Waals surface area contributed by atoms with Crippen LogP contribution in [0.5, 0.6) is 0 Å². The van der Waals surface area contributed by atoms with Gasteiger partial charge in [-0.1, -0.05) is 11.6 Å². The van der Waals surface area contributed by atoms with E-state index in [4.69, 9.17) is 11.6 Å². The number of halogens is 2. The quantitative estimate of drug-likeness (QED) is 0.779. The molecule has 1 unspecified atom stereocenters. The largest absolute Gasteiger partial charge is 0.378 e. The number of nitrogens with one attached hydrogen (secondary N) is 1. The molecule has 0 bridgehead atoms. The highest BCUT2D eigenvalue weighted by Gasteiger charge is 2.16. The van der Waals surface area contributed by atoms with Crippen LogP contribution in [0.2, 0.25) is 5.02 Å². The molecule has 2 aromatic rings. The minimum absolute atomic E-state index is 0.160. The normalized spacial score (nSPS) is 15.8. The molecular formula is C16H17ClFNS. The predicted octanol–water partition coefficient (Wildman–Crippen LogP) is 5.59. The molecule has 4 heteroatoms. The van der Waals surface area contributed by atoms with Gasteiger partial charge in [0.15, 0.2) is 0 Å². The highest BCUT2D eigenvalue weighted by Crippen LogP contribution is 2.34. The van der Waals surface area contributed by atoms with Gasteiger partial charge in [-0.3, -0.25) is 0 Å². The lowest BCUT2D eigenvalue weighted by Crippen LogP contribution is -2.04. The van der Waals surface area contributed by atoms with Crippen LogP contribution < -0.4 is 5.32 Å². The van der Waals surface area contributed by atoms with Crippen molar-refractivity contribution in [2.45, 2.75) is 38.6 Å². The first-order valence-corrected chi connectivity index (χ1v) is 8.16. The van der Waals surface area contributed by atoms with Crippen LogP contribution in [-0.2, 0) is 12.8 Å². The predicted molar refractivity (Wildman–Crippen MR) is 84.4 cm³/mol. The number of thiophene rings is 1. The van der Waals surface area contributed by atoms with Gasteiger partial charge >= 0.3 is 0 Å². The van der Waals surface area contributed by atoms with E-state index in [-0.39, 0.29) is 16.9 Å². The Bertz CT molecular complexity index is 599. The van der Waals surface area contributed by atoms with Crippen LogP contribution in [0.1, 0.15) is 41.1 Å². The summed E-state index contributed by atoms with van der Waals surface area (Å²) in [6.45, 7) is 2.13. The Morgan fingerprint density at radius 1 is 1.25 bits per heavy atom. The molecule has 0 aliphatic heterocycles. The van der Waals surface area contributed by atoms with Gasteiger partial charge in [-0.25, -0.2) is 4.39 Å². The van der Waals surface area contributed by atoms with Crippen LogP contribution in [0.15, 0.2) is 24.3 Å². The third kappa shape index (κ3) is 2.84. The fraction of sp³-hybridized carbons (Fsp3) is 0.375. The number of aryl methyl sites for hydroxylation is 2. The van der Waals surface area contributed by atoms with Crippen LogP contribution in [-0.4, -0.2) is 0 Å².